The van der Waals surface area contributed by atoms with Gasteiger partial charge < -0.3 is 5.11 Å². The average molecular weight is 233 g/mol. The zero-order valence-electron chi connectivity index (χ0n) is 8.35. The molecule has 6 heteroatoms. The number of carbonyl (C=O) groups is 1. The van der Waals surface area contributed by atoms with Gasteiger partial charge in [0, 0.05) is 6.04 Å². The Morgan fingerprint density at radius 1 is 1.33 bits per heavy atom. The smallest absolute Gasteiger partial charge is 0.320 e. The second kappa shape index (κ2) is 3.75. The van der Waals surface area contributed by atoms with Crippen LogP contribution in [0.3, 0.4) is 0 Å². The highest BCUT2D eigenvalue weighted by Gasteiger charge is 2.41. The quantitative estimate of drug-likeness (QED) is 0.725. The van der Waals surface area contributed by atoms with E-state index in [9.17, 15) is 13.2 Å². The summed E-state index contributed by atoms with van der Waals surface area (Å²) in [4.78, 5) is 10.3. The summed E-state index contributed by atoms with van der Waals surface area (Å²) >= 11 is 0. The highest BCUT2D eigenvalue weighted by Crippen LogP contribution is 2.44. The van der Waals surface area contributed by atoms with Gasteiger partial charge in [-0.25, -0.2) is 13.1 Å². The van der Waals surface area contributed by atoms with E-state index in [1.54, 1.807) is 0 Å². The van der Waals surface area contributed by atoms with Crippen LogP contribution in [0.15, 0.2) is 0 Å². The molecule has 2 fully saturated rings. The highest BCUT2D eigenvalue weighted by molar-refractivity contribution is 7.90. The van der Waals surface area contributed by atoms with Gasteiger partial charge in [0.15, 0.2) is 5.75 Å². The van der Waals surface area contributed by atoms with E-state index in [0.29, 0.717) is 11.8 Å². The monoisotopic (exact) mass is 233 g/mol. The summed E-state index contributed by atoms with van der Waals surface area (Å²) in [5.74, 6) is -1.04. The number of aliphatic carboxylic acids is 1. The predicted octanol–water partition coefficient (Wildman–Crippen LogP) is 0.179. The standard InChI is InChI=1S/C9H15NO4S/c11-9(12)5-15(13,14)10-8-4-6-1-2-7(8)3-6/h6-8,10H,1-5H2,(H,11,12). The molecule has 2 aliphatic rings. The molecule has 2 rings (SSSR count). The minimum Gasteiger partial charge on any atom is -0.480 e. The molecule has 2 N–H and O–H groups in total. The zero-order valence-corrected chi connectivity index (χ0v) is 9.16. The molecule has 0 aliphatic heterocycles. The molecule has 2 saturated carbocycles. The summed E-state index contributed by atoms with van der Waals surface area (Å²) in [7, 11) is -3.64. The molecule has 0 heterocycles. The first kappa shape index (κ1) is 10.9. The van der Waals surface area contributed by atoms with Crippen LogP contribution in [0.5, 0.6) is 0 Å². The van der Waals surface area contributed by atoms with Gasteiger partial charge >= 0.3 is 5.97 Å². The van der Waals surface area contributed by atoms with Gasteiger partial charge in [0.05, 0.1) is 0 Å². The number of hydrogen-bond donors (Lipinski definition) is 2. The fraction of sp³-hybridized carbons (Fsp3) is 0.889. The number of fused-ring (bicyclic) bond motifs is 2. The minimum absolute atomic E-state index is 0.0203. The Morgan fingerprint density at radius 2 is 2.07 bits per heavy atom. The lowest BCUT2D eigenvalue weighted by molar-refractivity contribution is -0.134. The lowest BCUT2D eigenvalue weighted by Gasteiger charge is -2.22. The molecule has 86 valence electrons. The lowest BCUT2D eigenvalue weighted by atomic mass is 9.96. The molecule has 2 bridgehead atoms. The van der Waals surface area contributed by atoms with Crippen molar-refractivity contribution in [2.24, 2.45) is 11.8 Å². The molecular weight excluding hydrogens is 218 g/mol. The Balaban J connectivity index is 1.95. The van der Waals surface area contributed by atoms with Crippen LogP contribution in [0.1, 0.15) is 25.7 Å². The minimum atomic E-state index is -3.64. The first-order chi connectivity index (χ1) is 6.96. The number of sulfonamides is 1. The van der Waals surface area contributed by atoms with E-state index in [2.05, 4.69) is 4.72 Å². The molecule has 3 unspecified atom stereocenters. The van der Waals surface area contributed by atoms with Crippen LogP contribution < -0.4 is 4.72 Å². The van der Waals surface area contributed by atoms with Gasteiger partial charge in [0.25, 0.3) is 0 Å². The third-order valence-corrected chi connectivity index (χ3v) is 4.67. The molecule has 15 heavy (non-hydrogen) atoms. The SMILES string of the molecule is O=C(O)CS(=O)(=O)NC1CC2CCC1C2. The van der Waals surface area contributed by atoms with Crippen molar-refractivity contribution >= 4 is 16.0 Å². The molecule has 0 aromatic carbocycles. The van der Waals surface area contributed by atoms with Crippen LogP contribution in [-0.2, 0) is 14.8 Å². The van der Waals surface area contributed by atoms with Gasteiger partial charge in [0.1, 0.15) is 0 Å². The first-order valence-electron chi connectivity index (χ1n) is 5.18. The maximum atomic E-state index is 11.4. The Morgan fingerprint density at radius 3 is 2.53 bits per heavy atom. The van der Waals surface area contributed by atoms with Crippen LogP contribution in [0.25, 0.3) is 0 Å². The van der Waals surface area contributed by atoms with Crippen molar-refractivity contribution < 1.29 is 18.3 Å². The number of hydrogen-bond acceptors (Lipinski definition) is 3. The van der Waals surface area contributed by atoms with Crippen LogP contribution in [-0.4, -0.2) is 31.3 Å². The molecule has 5 nitrogen and oxygen atoms in total. The van der Waals surface area contributed by atoms with E-state index in [-0.39, 0.29) is 6.04 Å². The third-order valence-electron chi connectivity index (χ3n) is 3.38. The lowest BCUT2D eigenvalue weighted by Crippen LogP contribution is -2.41. The van der Waals surface area contributed by atoms with Crippen molar-refractivity contribution in [3.63, 3.8) is 0 Å². The van der Waals surface area contributed by atoms with Gasteiger partial charge in [-0.2, -0.15) is 0 Å². The van der Waals surface area contributed by atoms with E-state index in [1.165, 1.54) is 6.42 Å². The van der Waals surface area contributed by atoms with Gasteiger partial charge in [0.2, 0.25) is 10.0 Å². The van der Waals surface area contributed by atoms with Crippen LogP contribution in [0.2, 0.25) is 0 Å². The zero-order chi connectivity index (χ0) is 11.1. The maximum absolute atomic E-state index is 11.4. The van der Waals surface area contributed by atoms with E-state index < -0.39 is 21.7 Å². The van der Waals surface area contributed by atoms with Gasteiger partial charge in [-0.15, -0.1) is 0 Å². The highest BCUT2D eigenvalue weighted by atomic mass is 32.2. The number of rotatable bonds is 4. The summed E-state index contributed by atoms with van der Waals surface area (Å²) in [6.07, 6.45) is 4.25. The average Bonchev–Trinajstić information content (AvgIpc) is 2.60. The Kier molecular flexibility index (Phi) is 2.72. The Hall–Kier alpha value is -0.620. The van der Waals surface area contributed by atoms with Gasteiger partial charge in [-0.1, -0.05) is 6.42 Å². The maximum Gasteiger partial charge on any atom is 0.320 e. The van der Waals surface area contributed by atoms with Crippen LogP contribution in [0.4, 0.5) is 0 Å². The summed E-state index contributed by atoms with van der Waals surface area (Å²) in [5.41, 5.74) is 0. The normalized spacial score (nSPS) is 34.5. The van der Waals surface area contributed by atoms with Crippen molar-refractivity contribution in [1.82, 2.24) is 4.72 Å². The van der Waals surface area contributed by atoms with Crippen molar-refractivity contribution in [3.8, 4) is 0 Å². The van der Waals surface area contributed by atoms with E-state index in [0.717, 1.165) is 19.3 Å². The summed E-state index contributed by atoms with van der Waals surface area (Å²) in [6.45, 7) is 0. The predicted molar refractivity (Wildman–Crippen MR) is 53.8 cm³/mol. The van der Waals surface area contributed by atoms with Crippen molar-refractivity contribution in [1.29, 1.82) is 0 Å². The number of carboxylic acid groups (broad SMARTS) is 1. The summed E-state index contributed by atoms with van der Waals surface area (Å²) in [6, 6.07) is -0.0203. The molecule has 2 aliphatic carbocycles. The molecule has 0 aromatic rings. The van der Waals surface area contributed by atoms with Gasteiger partial charge in [-0.3, -0.25) is 4.79 Å². The summed E-state index contributed by atoms with van der Waals surface area (Å²) in [5, 5.41) is 8.44. The van der Waals surface area contributed by atoms with E-state index in [4.69, 9.17) is 5.11 Å². The molecule has 0 spiro atoms. The molecule has 3 atom stereocenters. The van der Waals surface area contributed by atoms with Crippen molar-refractivity contribution in [2.45, 2.75) is 31.7 Å². The first-order valence-corrected chi connectivity index (χ1v) is 6.83. The van der Waals surface area contributed by atoms with Crippen molar-refractivity contribution in [3.05, 3.63) is 0 Å². The van der Waals surface area contributed by atoms with Gasteiger partial charge in [-0.05, 0) is 31.1 Å². The molecule has 0 saturated heterocycles. The Bertz CT molecular complexity index is 364. The van der Waals surface area contributed by atoms with Crippen LogP contribution >= 0.6 is 0 Å². The van der Waals surface area contributed by atoms with Crippen LogP contribution in [0, 0.1) is 11.8 Å². The second-order valence-electron chi connectivity index (χ2n) is 4.55. The molecule has 0 amide bonds. The van der Waals surface area contributed by atoms with Crippen molar-refractivity contribution in [2.75, 3.05) is 5.75 Å². The second-order valence-corrected chi connectivity index (χ2v) is 6.31. The van der Waals surface area contributed by atoms with E-state index >= 15 is 0 Å². The molecule has 0 aromatic heterocycles. The fourth-order valence-electron chi connectivity index (χ4n) is 2.82. The number of nitrogens with one attached hydrogen (secondary N) is 1. The largest absolute Gasteiger partial charge is 0.480 e. The molecule has 0 radical (unpaired) electrons. The Labute approximate surface area is 88.9 Å². The third kappa shape index (κ3) is 2.49. The topological polar surface area (TPSA) is 83.5 Å². The summed E-state index contributed by atoms with van der Waals surface area (Å²) < 4.78 is 25.3. The fourth-order valence-corrected chi connectivity index (χ4v) is 3.98. The van der Waals surface area contributed by atoms with E-state index in [1.807, 2.05) is 0 Å². The number of carboxylic acids is 1. The molecular formula is C9H15NO4S.